The molecule has 1 aliphatic heterocycles. The average molecular weight is 568 g/mol. The summed E-state index contributed by atoms with van der Waals surface area (Å²) in [7, 11) is 1.66. The largest absolute Gasteiger partial charge is 0.415 e. The molecule has 5 rings (SSSR count). The van der Waals surface area contributed by atoms with E-state index >= 15 is 0 Å². The van der Waals surface area contributed by atoms with E-state index in [1.807, 2.05) is 0 Å². The minimum absolute atomic E-state index is 0.0380. The van der Waals surface area contributed by atoms with Crippen LogP contribution in [-0.4, -0.2) is 58.2 Å². The van der Waals surface area contributed by atoms with Crippen molar-refractivity contribution in [1.82, 2.24) is 25.1 Å². The highest BCUT2D eigenvalue weighted by molar-refractivity contribution is 5.86. The lowest BCUT2D eigenvalue weighted by Gasteiger charge is -2.24. The highest BCUT2D eigenvalue weighted by atomic mass is 19.3. The number of carbonyl (C=O) groups is 1. The third kappa shape index (κ3) is 7.66. The fourth-order valence-electron chi connectivity index (χ4n) is 4.46. The lowest BCUT2D eigenvalue weighted by Crippen LogP contribution is -2.29. The van der Waals surface area contributed by atoms with E-state index < -0.39 is 18.1 Å². The Morgan fingerprint density at radius 1 is 1.10 bits per heavy atom. The molecular weight excluding hydrogens is 535 g/mol. The molecule has 1 aromatic carbocycles. The summed E-state index contributed by atoms with van der Waals surface area (Å²) in [6.07, 6.45) is 6.52. The lowest BCUT2D eigenvalue weighted by molar-refractivity contribution is -0.107. The topological polar surface area (TPSA) is 100 Å². The number of pyridine rings is 2. The molecule has 0 saturated carbocycles. The summed E-state index contributed by atoms with van der Waals surface area (Å²) in [5, 5.41) is 9.83. The van der Waals surface area contributed by atoms with Crippen molar-refractivity contribution in [2.24, 2.45) is 0 Å². The zero-order valence-corrected chi connectivity index (χ0v) is 22.9. The van der Waals surface area contributed by atoms with Crippen LogP contribution >= 0.6 is 0 Å². The molecule has 0 spiro atoms. The van der Waals surface area contributed by atoms with E-state index in [-0.39, 0.29) is 12.4 Å². The normalized spacial score (nSPS) is 13.4. The molecule has 1 amide bonds. The highest BCUT2D eigenvalue weighted by Crippen LogP contribution is 2.34. The first-order valence-electron chi connectivity index (χ1n) is 13.4. The van der Waals surface area contributed by atoms with Gasteiger partial charge < -0.3 is 19.5 Å². The van der Waals surface area contributed by atoms with Gasteiger partial charge in [-0.15, -0.1) is 10.2 Å². The van der Waals surface area contributed by atoms with Gasteiger partial charge in [-0.3, -0.25) is 14.8 Å². The predicted molar refractivity (Wildman–Crippen MR) is 150 cm³/mol. The van der Waals surface area contributed by atoms with Crippen LogP contribution in [0.4, 0.5) is 24.5 Å². The predicted octanol–water partition coefficient (Wildman–Crippen LogP) is 5.97. The molecule has 4 aromatic rings. The molecule has 1 saturated heterocycles. The van der Waals surface area contributed by atoms with Crippen molar-refractivity contribution in [3.05, 3.63) is 72.4 Å². The van der Waals surface area contributed by atoms with Gasteiger partial charge in [0.25, 0.3) is 5.89 Å². The SMILES string of the molecule is CCN1CCCCC1.CNc1cc(-c2cccnc2)c(F)cc1N(C=O)Cc1ccc(-c2nnc(C(F)F)o2)cn1. The molecule has 41 heavy (non-hydrogen) atoms. The van der Waals surface area contributed by atoms with Gasteiger partial charge in [0.2, 0.25) is 12.3 Å². The summed E-state index contributed by atoms with van der Waals surface area (Å²) in [6.45, 7) is 6.22. The first-order chi connectivity index (χ1) is 19.9. The third-order valence-corrected chi connectivity index (χ3v) is 6.69. The molecule has 1 N–H and O–H groups in total. The molecule has 1 fully saturated rings. The van der Waals surface area contributed by atoms with Crippen LogP contribution in [-0.2, 0) is 11.3 Å². The second-order valence-electron chi connectivity index (χ2n) is 9.35. The molecule has 0 radical (unpaired) electrons. The maximum absolute atomic E-state index is 14.9. The van der Waals surface area contributed by atoms with E-state index in [0.29, 0.717) is 40.2 Å². The zero-order valence-electron chi connectivity index (χ0n) is 22.9. The van der Waals surface area contributed by atoms with Crippen molar-refractivity contribution in [2.75, 3.05) is 36.9 Å². The smallest absolute Gasteiger partial charge is 0.314 e. The fraction of sp³-hybridized carbons (Fsp3) is 0.345. The fourth-order valence-corrected chi connectivity index (χ4v) is 4.46. The number of aromatic nitrogens is 4. The number of hydrogen-bond acceptors (Lipinski definition) is 8. The van der Waals surface area contributed by atoms with Gasteiger partial charge in [0.1, 0.15) is 5.82 Å². The number of likely N-dealkylation sites (tertiary alicyclic amines) is 1. The number of nitrogens with zero attached hydrogens (tertiary/aromatic N) is 6. The molecule has 0 unspecified atom stereocenters. The van der Waals surface area contributed by atoms with Crippen molar-refractivity contribution >= 4 is 17.8 Å². The van der Waals surface area contributed by atoms with Crippen molar-refractivity contribution in [3.8, 4) is 22.6 Å². The van der Waals surface area contributed by atoms with Crippen LogP contribution in [0.3, 0.4) is 0 Å². The Balaban J connectivity index is 0.000000417. The van der Waals surface area contributed by atoms with Gasteiger partial charge in [-0.25, -0.2) is 4.39 Å². The summed E-state index contributed by atoms with van der Waals surface area (Å²) in [4.78, 5) is 23.9. The summed E-state index contributed by atoms with van der Waals surface area (Å²) >= 11 is 0. The number of benzene rings is 1. The number of halogens is 3. The summed E-state index contributed by atoms with van der Waals surface area (Å²) in [5.74, 6) is -1.39. The first-order valence-corrected chi connectivity index (χ1v) is 13.4. The Bertz CT molecular complexity index is 1400. The summed E-state index contributed by atoms with van der Waals surface area (Å²) in [5.41, 5.74) is 2.61. The lowest BCUT2D eigenvalue weighted by atomic mass is 10.0. The second-order valence-corrected chi connectivity index (χ2v) is 9.35. The van der Waals surface area contributed by atoms with Gasteiger partial charge in [0.15, 0.2) is 0 Å². The number of alkyl halides is 2. The number of rotatable bonds is 9. The second kappa shape index (κ2) is 14.4. The molecule has 3 aromatic heterocycles. The Labute approximate surface area is 236 Å². The van der Waals surface area contributed by atoms with Crippen LogP contribution in [0.15, 0.2) is 59.4 Å². The minimum atomic E-state index is -2.87. The van der Waals surface area contributed by atoms with E-state index in [9.17, 15) is 18.0 Å². The number of carbonyl (C=O) groups excluding carboxylic acids is 1. The van der Waals surface area contributed by atoms with Crippen LogP contribution in [0.5, 0.6) is 0 Å². The van der Waals surface area contributed by atoms with E-state index in [0.717, 1.165) is 0 Å². The van der Waals surface area contributed by atoms with Crippen molar-refractivity contribution < 1.29 is 22.4 Å². The molecule has 1 aliphatic rings. The Morgan fingerprint density at radius 2 is 1.90 bits per heavy atom. The standard InChI is InChI=1S/C22H17F3N6O2.C7H15N/c1-26-18-7-16(13-3-2-6-27-9-13)17(23)8-19(18)31(12-32)11-15-5-4-14(10-28-15)21-29-30-22(33-21)20(24)25;1-2-8-6-4-3-5-7-8/h2-10,12,20,26H,11H2,1H3;2-7H2,1H3. The average Bonchev–Trinajstić information content (AvgIpc) is 3.52. The summed E-state index contributed by atoms with van der Waals surface area (Å²) < 4.78 is 45.1. The maximum Gasteiger partial charge on any atom is 0.314 e. The van der Waals surface area contributed by atoms with Crippen molar-refractivity contribution in [2.45, 2.75) is 39.2 Å². The van der Waals surface area contributed by atoms with Crippen LogP contribution in [0.2, 0.25) is 0 Å². The van der Waals surface area contributed by atoms with E-state index in [4.69, 9.17) is 4.42 Å². The van der Waals surface area contributed by atoms with Crippen LogP contribution in [0, 0.1) is 5.82 Å². The molecule has 9 nitrogen and oxygen atoms in total. The number of amides is 1. The Hall–Kier alpha value is -4.32. The van der Waals surface area contributed by atoms with Gasteiger partial charge in [0.05, 0.1) is 29.2 Å². The molecule has 216 valence electrons. The van der Waals surface area contributed by atoms with Crippen LogP contribution in [0.1, 0.15) is 44.2 Å². The number of piperidine rings is 1. The monoisotopic (exact) mass is 567 g/mol. The highest BCUT2D eigenvalue weighted by Gasteiger charge is 2.19. The molecule has 12 heteroatoms. The number of anilines is 2. The van der Waals surface area contributed by atoms with Gasteiger partial charge in [-0.05, 0) is 56.7 Å². The van der Waals surface area contributed by atoms with Crippen LogP contribution < -0.4 is 10.2 Å². The Morgan fingerprint density at radius 3 is 2.46 bits per heavy atom. The van der Waals surface area contributed by atoms with Gasteiger partial charge in [0, 0.05) is 42.8 Å². The van der Waals surface area contributed by atoms with E-state index in [1.54, 1.807) is 49.8 Å². The number of hydrogen-bond donors (Lipinski definition) is 1. The van der Waals surface area contributed by atoms with Crippen molar-refractivity contribution in [1.29, 1.82) is 0 Å². The van der Waals surface area contributed by atoms with Gasteiger partial charge in [-0.1, -0.05) is 19.4 Å². The minimum Gasteiger partial charge on any atom is -0.415 e. The van der Waals surface area contributed by atoms with Crippen molar-refractivity contribution in [3.63, 3.8) is 0 Å². The van der Waals surface area contributed by atoms with Gasteiger partial charge >= 0.3 is 6.43 Å². The van der Waals surface area contributed by atoms with Gasteiger partial charge in [-0.2, -0.15) is 8.78 Å². The van der Waals surface area contributed by atoms with E-state index in [2.05, 4.69) is 37.3 Å². The number of nitrogens with one attached hydrogen (secondary N) is 1. The molecule has 0 aliphatic carbocycles. The first kappa shape index (κ1) is 29.7. The quantitative estimate of drug-likeness (QED) is 0.247. The van der Waals surface area contributed by atoms with Crippen LogP contribution in [0.25, 0.3) is 22.6 Å². The molecular formula is C29H32F3N7O2. The van der Waals surface area contributed by atoms with E-state index in [1.165, 1.54) is 56.1 Å². The zero-order chi connectivity index (χ0) is 29.2. The molecule has 0 bridgehead atoms. The molecule has 0 atom stereocenters. The Kier molecular flexibility index (Phi) is 10.4. The maximum atomic E-state index is 14.9. The third-order valence-electron chi connectivity index (χ3n) is 6.69. The molecule has 4 heterocycles. The summed E-state index contributed by atoms with van der Waals surface area (Å²) in [6, 6.07) is 9.45.